The highest BCUT2D eigenvalue weighted by Crippen LogP contribution is 2.28. The zero-order chi connectivity index (χ0) is 17.6. The summed E-state index contributed by atoms with van der Waals surface area (Å²) in [5.74, 6) is 1.50. The van der Waals surface area contributed by atoms with Crippen molar-refractivity contribution in [3.8, 4) is 0 Å². The lowest BCUT2D eigenvalue weighted by molar-refractivity contribution is -0.120. The van der Waals surface area contributed by atoms with Gasteiger partial charge in [0, 0.05) is 19.5 Å². The molecule has 2 heterocycles. The second-order valence-electron chi connectivity index (χ2n) is 6.39. The predicted molar refractivity (Wildman–Crippen MR) is 107 cm³/mol. The number of nitrogens with one attached hydrogen (secondary N) is 2. The summed E-state index contributed by atoms with van der Waals surface area (Å²) in [7, 11) is 1.99. The standard InChI is InChI=1S/C18H25N5OS.ClH/c1-13(17(24)20-12-14-6-4-3-5-7-14)25-18-22-21-16(23(18)2)15-8-10-19-11-9-15;/h3-7,13,15,19H,8-12H2,1-2H3,(H,20,24);1H. The highest BCUT2D eigenvalue weighted by molar-refractivity contribution is 8.00. The monoisotopic (exact) mass is 395 g/mol. The molecule has 26 heavy (non-hydrogen) atoms. The topological polar surface area (TPSA) is 71.8 Å². The summed E-state index contributed by atoms with van der Waals surface area (Å²) in [6, 6.07) is 9.93. The molecule has 6 nitrogen and oxygen atoms in total. The number of amides is 1. The molecule has 1 aromatic heterocycles. The van der Waals surface area contributed by atoms with Crippen molar-refractivity contribution in [2.45, 2.75) is 42.6 Å². The normalized spacial score (nSPS) is 15.9. The quantitative estimate of drug-likeness (QED) is 0.735. The van der Waals surface area contributed by atoms with E-state index in [9.17, 15) is 4.79 Å². The average Bonchev–Trinajstić information content (AvgIpc) is 3.01. The maximum Gasteiger partial charge on any atom is 0.233 e. The third-order valence-corrected chi connectivity index (χ3v) is 5.67. The van der Waals surface area contributed by atoms with Gasteiger partial charge in [0.2, 0.25) is 5.91 Å². The average molecular weight is 396 g/mol. The summed E-state index contributed by atoms with van der Waals surface area (Å²) < 4.78 is 2.04. The summed E-state index contributed by atoms with van der Waals surface area (Å²) >= 11 is 1.46. The minimum absolute atomic E-state index is 0. The fourth-order valence-electron chi connectivity index (χ4n) is 3.00. The van der Waals surface area contributed by atoms with Gasteiger partial charge in [-0.05, 0) is 38.4 Å². The lowest BCUT2D eigenvalue weighted by atomic mass is 9.97. The Morgan fingerprint density at radius 3 is 2.69 bits per heavy atom. The van der Waals surface area contributed by atoms with Crippen LogP contribution in [0.2, 0.25) is 0 Å². The van der Waals surface area contributed by atoms with E-state index >= 15 is 0 Å². The molecule has 3 rings (SSSR count). The second kappa shape index (κ2) is 9.94. The third-order valence-electron chi connectivity index (χ3n) is 4.53. The number of hydrogen-bond donors (Lipinski definition) is 2. The lowest BCUT2D eigenvalue weighted by Crippen LogP contribution is -2.30. The fourth-order valence-corrected chi connectivity index (χ4v) is 3.85. The first-order valence-corrected chi connectivity index (χ1v) is 9.61. The van der Waals surface area contributed by atoms with E-state index in [1.54, 1.807) is 0 Å². The molecule has 142 valence electrons. The van der Waals surface area contributed by atoms with Gasteiger partial charge < -0.3 is 15.2 Å². The fraction of sp³-hybridized carbons (Fsp3) is 0.500. The van der Waals surface area contributed by atoms with Crippen molar-refractivity contribution in [2.24, 2.45) is 7.05 Å². The first-order chi connectivity index (χ1) is 12.1. The maximum atomic E-state index is 12.3. The van der Waals surface area contributed by atoms with Crippen molar-refractivity contribution in [3.05, 3.63) is 41.7 Å². The van der Waals surface area contributed by atoms with Crippen LogP contribution in [-0.4, -0.2) is 39.0 Å². The maximum absolute atomic E-state index is 12.3. The van der Waals surface area contributed by atoms with E-state index in [1.165, 1.54) is 11.8 Å². The Morgan fingerprint density at radius 1 is 1.31 bits per heavy atom. The van der Waals surface area contributed by atoms with Crippen LogP contribution in [0.4, 0.5) is 0 Å². The van der Waals surface area contributed by atoms with Gasteiger partial charge in [-0.3, -0.25) is 4.79 Å². The number of carbonyl (C=O) groups excluding carboxylic acids is 1. The Labute approximate surface area is 164 Å². The SMILES string of the molecule is CC(Sc1nnc(C2CCNCC2)n1C)C(=O)NCc1ccccc1.Cl. The van der Waals surface area contributed by atoms with Crippen molar-refractivity contribution in [1.82, 2.24) is 25.4 Å². The van der Waals surface area contributed by atoms with Crippen molar-refractivity contribution in [1.29, 1.82) is 0 Å². The minimum atomic E-state index is -0.215. The van der Waals surface area contributed by atoms with E-state index in [4.69, 9.17) is 0 Å². The number of piperidine rings is 1. The largest absolute Gasteiger partial charge is 0.351 e. The summed E-state index contributed by atoms with van der Waals surface area (Å²) in [6.07, 6.45) is 2.17. The van der Waals surface area contributed by atoms with Crippen LogP contribution < -0.4 is 10.6 Å². The van der Waals surface area contributed by atoms with Crippen molar-refractivity contribution >= 4 is 30.1 Å². The van der Waals surface area contributed by atoms with Crippen LogP contribution in [0, 0.1) is 0 Å². The van der Waals surface area contributed by atoms with Crippen LogP contribution >= 0.6 is 24.2 Å². The van der Waals surface area contributed by atoms with E-state index in [2.05, 4.69) is 20.8 Å². The second-order valence-corrected chi connectivity index (χ2v) is 7.70. The highest BCUT2D eigenvalue weighted by atomic mass is 35.5. The van der Waals surface area contributed by atoms with Gasteiger partial charge in [0.05, 0.1) is 5.25 Å². The van der Waals surface area contributed by atoms with Gasteiger partial charge in [-0.1, -0.05) is 42.1 Å². The number of hydrogen-bond acceptors (Lipinski definition) is 5. The molecule has 1 saturated heterocycles. The van der Waals surface area contributed by atoms with E-state index in [0.717, 1.165) is 42.5 Å². The molecule has 2 aromatic rings. The molecule has 1 fully saturated rings. The van der Waals surface area contributed by atoms with Crippen molar-refractivity contribution < 1.29 is 4.79 Å². The summed E-state index contributed by atoms with van der Waals surface area (Å²) in [6.45, 7) is 4.50. The molecule has 1 aromatic carbocycles. The zero-order valence-electron chi connectivity index (χ0n) is 15.1. The first-order valence-electron chi connectivity index (χ1n) is 8.73. The number of benzene rings is 1. The Kier molecular flexibility index (Phi) is 7.93. The van der Waals surface area contributed by atoms with E-state index < -0.39 is 0 Å². The van der Waals surface area contributed by atoms with Crippen LogP contribution in [0.5, 0.6) is 0 Å². The minimum Gasteiger partial charge on any atom is -0.351 e. The smallest absolute Gasteiger partial charge is 0.233 e. The van der Waals surface area contributed by atoms with E-state index in [1.807, 2.05) is 48.9 Å². The Bertz CT molecular complexity index is 703. The molecular weight excluding hydrogens is 370 g/mol. The van der Waals surface area contributed by atoms with Crippen LogP contribution in [-0.2, 0) is 18.4 Å². The number of halogens is 1. The van der Waals surface area contributed by atoms with Gasteiger partial charge in [0.25, 0.3) is 0 Å². The van der Waals surface area contributed by atoms with Gasteiger partial charge in [-0.15, -0.1) is 22.6 Å². The van der Waals surface area contributed by atoms with Crippen LogP contribution in [0.25, 0.3) is 0 Å². The third kappa shape index (κ3) is 5.22. The number of nitrogens with zero attached hydrogens (tertiary/aromatic N) is 3. The van der Waals surface area contributed by atoms with Crippen molar-refractivity contribution in [3.63, 3.8) is 0 Å². The van der Waals surface area contributed by atoms with Crippen molar-refractivity contribution in [2.75, 3.05) is 13.1 Å². The van der Waals surface area contributed by atoms with E-state index in [0.29, 0.717) is 12.5 Å². The Balaban J connectivity index is 0.00000243. The van der Waals surface area contributed by atoms with Gasteiger partial charge in [-0.2, -0.15) is 0 Å². The molecular formula is C18H26ClN5OS. The van der Waals surface area contributed by atoms with E-state index in [-0.39, 0.29) is 23.6 Å². The van der Waals surface area contributed by atoms with Gasteiger partial charge >= 0.3 is 0 Å². The van der Waals surface area contributed by atoms with Crippen LogP contribution in [0.1, 0.15) is 37.1 Å². The number of rotatable bonds is 6. The molecule has 1 aliphatic heterocycles. The molecule has 1 unspecified atom stereocenters. The number of thioether (sulfide) groups is 1. The first kappa shape index (κ1) is 20.7. The molecule has 8 heteroatoms. The van der Waals surface area contributed by atoms with Gasteiger partial charge in [0.1, 0.15) is 5.82 Å². The molecule has 0 radical (unpaired) electrons. The molecule has 2 N–H and O–H groups in total. The molecule has 0 saturated carbocycles. The summed E-state index contributed by atoms with van der Waals surface area (Å²) in [5.41, 5.74) is 1.10. The number of carbonyl (C=O) groups is 1. The van der Waals surface area contributed by atoms with Crippen LogP contribution in [0.3, 0.4) is 0 Å². The Hall–Kier alpha value is -1.57. The Morgan fingerprint density at radius 2 is 2.00 bits per heavy atom. The number of aromatic nitrogens is 3. The van der Waals surface area contributed by atoms with Crippen LogP contribution in [0.15, 0.2) is 35.5 Å². The highest BCUT2D eigenvalue weighted by Gasteiger charge is 2.23. The van der Waals surface area contributed by atoms with Gasteiger partial charge in [-0.25, -0.2) is 0 Å². The zero-order valence-corrected chi connectivity index (χ0v) is 16.8. The molecule has 1 atom stereocenters. The predicted octanol–water partition coefficient (Wildman–Crippen LogP) is 2.50. The molecule has 0 bridgehead atoms. The summed E-state index contributed by atoms with van der Waals surface area (Å²) in [4.78, 5) is 12.3. The molecule has 0 spiro atoms. The molecule has 1 amide bonds. The summed E-state index contributed by atoms with van der Waals surface area (Å²) in [5, 5.41) is 15.6. The molecule has 0 aliphatic carbocycles. The molecule has 1 aliphatic rings. The lowest BCUT2D eigenvalue weighted by Gasteiger charge is -2.21. The van der Waals surface area contributed by atoms with Gasteiger partial charge in [0.15, 0.2) is 5.16 Å².